The largest absolute Gasteiger partial charge is 0.355 e. The van der Waals surface area contributed by atoms with Crippen LogP contribution in [-0.4, -0.2) is 39.5 Å². The second-order valence-corrected chi connectivity index (χ2v) is 6.81. The van der Waals surface area contributed by atoms with E-state index < -0.39 is 0 Å². The van der Waals surface area contributed by atoms with Gasteiger partial charge in [0.25, 0.3) is 0 Å². The van der Waals surface area contributed by atoms with Crippen LogP contribution in [0.15, 0.2) is 6.33 Å². The van der Waals surface area contributed by atoms with Crippen molar-refractivity contribution < 1.29 is 4.79 Å². The lowest BCUT2D eigenvalue weighted by atomic mass is 9.85. The number of hydrogen-bond donors (Lipinski definition) is 1. The first-order valence-corrected chi connectivity index (χ1v) is 8.08. The van der Waals surface area contributed by atoms with E-state index in [-0.39, 0.29) is 11.8 Å². The molecule has 1 fully saturated rings. The smallest absolute Gasteiger partial charge is 0.230 e. The Morgan fingerprint density at radius 2 is 2.24 bits per heavy atom. The van der Waals surface area contributed by atoms with E-state index in [1.807, 2.05) is 17.9 Å². The van der Waals surface area contributed by atoms with E-state index in [4.69, 9.17) is 0 Å². The van der Waals surface area contributed by atoms with Gasteiger partial charge in [-0.05, 0) is 32.6 Å². The number of nitrogens with zero attached hydrogens (tertiary/aromatic N) is 3. The van der Waals surface area contributed by atoms with E-state index in [2.05, 4.69) is 29.0 Å². The van der Waals surface area contributed by atoms with Crippen molar-refractivity contribution >= 4 is 5.91 Å². The Morgan fingerprint density at radius 1 is 1.48 bits per heavy atom. The minimum Gasteiger partial charge on any atom is -0.355 e. The van der Waals surface area contributed by atoms with E-state index in [1.165, 1.54) is 19.3 Å². The van der Waals surface area contributed by atoms with Gasteiger partial charge in [-0.25, -0.2) is 4.98 Å². The quantitative estimate of drug-likeness (QED) is 0.917. The summed E-state index contributed by atoms with van der Waals surface area (Å²) in [7, 11) is 1.99. The third kappa shape index (κ3) is 2.84. The zero-order valence-electron chi connectivity index (χ0n) is 13.3. The number of fused-ring (bicyclic) bond motifs is 1. The van der Waals surface area contributed by atoms with Crippen molar-refractivity contribution in [3.8, 4) is 0 Å². The molecule has 0 spiro atoms. The molecule has 0 bridgehead atoms. The van der Waals surface area contributed by atoms with Gasteiger partial charge in [0.2, 0.25) is 5.91 Å². The molecule has 2 aliphatic rings. The van der Waals surface area contributed by atoms with Crippen molar-refractivity contribution in [3.63, 3.8) is 0 Å². The maximum atomic E-state index is 12.6. The second kappa shape index (κ2) is 5.79. The molecular formula is C16H26N4O. The second-order valence-electron chi connectivity index (χ2n) is 6.81. The van der Waals surface area contributed by atoms with Crippen LogP contribution in [0.25, 0.3) is 0 Å². The van der Waals surface area contributed by atoms with Crippen LogP contribution in [0.4, 0.5) is 0 Å². The molecule has 1 atom stereocenters. The van der Waals surface area contributed by atoms with E-state index in [9.17, 15) is 4.79 Å². The highest BCUT2D eigenvalue weighted by atomic mass is 16.1. The minimum atomic E-state index is -0.0938. The molecule has 116 valence electrons. The average Bonchev–Trinajstić information content (AvgIpc) is 2.77. The van der Waals surface area contributed by atoms with Crippen LogP contribution in [0.1, 0.15) is 50.4 Å². The van der Waals surface area contributed by atoms with Gasteiger partial charge >= 0.3 is 0 Å². The predicted molar refractivity (Wildman–Crippen MR) is 81.8 cm³/mol. The summed E-state index contributed by atoms with van der Waals surface area (Å²) in [5.74, 6) is 0.769. The summed E-state index contributed by atoms with van der Waals surface area (Å²) in [5, 5.41) is 3.16. The maximum absolute atomic E-state index is 12.6. The molecular weight excluding hydrogens is 264 g/mol. The molecule has 1 unspecified atom stereocenters. The molecule has 1 N–H and O–H groups in total. The van der Waals surface area contributed by atoms with Gasteiger partial charge in [-0.1, -0.05) is 6.42 Å². The molecule has 0 radical (unpaired) electrons. The van der Waals surface area contributed by atoms with Gasteiger partial charge in [0, 0.05) is 32.7 Å². The fourth-order valence-corrected chi connectivity index (χ4v) is 3.30. The Morgan fingerprint density at radius 3 is 2.86 bits per heavy atom. The van der Waals surface area contributed by atoms with E-state index in [1.54, 1.807) is 0 Å². The van der Waals surface area contributed by atoms with Crippen molar-refractivity contribution in [2.75, 3.05) is 13.1 Å². The zero-order chi connectivity index (χ0) is 15.0. The first-order valence-electron chi connectivity index (χ1n) is 8.08. The van der Waals surface area contributed by atoms with Crippen molar-refractivity contribution in [2.45, 2.75) is 51.6 Å². The molecule has 1 aliphatic carbocycles. The molecule has 2 heterocycles. The van der Waals surface area contributed by atoms with Crippen LogP contribution in [0, 0.1) is 5.92 Å². The van der Waals surface area contributed by atoms with Crippen LogP contribution in [0.2, 0.25) is 0 Å². The number of amides is 1. The van der Waals surface area contributed by atoms with Crippen LogP contribution in [-0.2, 0) is 18.4 Å². The van der Waals surface area contributed by atoms with Gasteiger partial charge in [-0.2, -0.15) is 0 Å². The summed E-state index contributed by atoms with van der Waals surface area (Å²) >= 11 is 0. The SMILES string of the molecule is CC(C)N1Cc2ncn(C)c2C(C(=O)NCC2CCC2)C1. The number of aryl methyl sites for hydroxylation is 1. The summed E-state index contributed by atoms with van der Waals surface area (Å²) in [6.45, 7) is 6.83. The molecule has 5 nitrogen and oxygen atoms in total. The van der Waals surface area contributed by atoms with Crippen molar-refractivity contribution in [2.24, 2.45) is 13.0 Å². The molecule has 1 aliphatic heterocycles. The molecule has 1 saturated carbocycles. The van der Waals surface area contributed by atoms with Crippen molar-refractivity contribution in [1.82, 2.24) is 19.8 Å². The predicted octanol–water partition coefficient (Wildman–Crippen LogP) is 1.64. The standard InChI is InChI=1S/C16H26N4O/c1-11(2)20-8-13(15-14(9-20)18-10-19(15)3)16(21)17-7-12-5-4-6-12/h10-13H,4-9H2,1-3H3,(H,17,21). The zero-order valence-corrected chi connectivity index (χ0v) is 13.3. The molecule has 1 aromatic rings. The number of aromatic nitrogens is 2. The molecule has 0 aromatic carbocycles. The van der Waals surface area contributed by atoms with Crippen LogP contribution in [0.3, 0.4) is 0 Å². The highest BCUT2D eigenvalue weighted by molar-refractivity contribution is 5.84. The summed E-state index contributed by atoms with van der Waals surface area (Å²) < 4.78 is 2.01. The van der Waals surface area contributed by atoms with Crippen LogP contribution in [0.5, 0.6) is 0 Å². The Labute approximate surface area is 126 Å². The van der Waals surface area contributed by atoms with E-state index in [0.717, 1.165) is 31.0 Å². The summed E-state index contributed by atoms with van der Waals surface area (Å²) in [4.78, 5) is 19.5. The number of rotatable bonds is 4. The van der Waals surface area contributed by atoms with Gasteiger partial charge < -0.3 is 9.88 Å². The third-order valence-corrected chi connectivity index (χ3v) is 5.00. The first kappa shape index (κ1) is 14.6. The molecule has 21 heavy (non-hydrogen) atoms. The molecule has 3 rings (SSSR count). The Balaban J connectivity index is 1.74. The Hall–Kier alpha value is -1.36. The van der Waals surface area contributed by atoms with Gasteiger partial charge in [0.15, 0.2) is 0 Å². The number of hydrogen-bond acceptors (Lipinski definition) is 3. The first-order chi connectivity index (χ1) is 10.1. The summed E-state index contributed by atoms with van der Waals surface area (Å²) in [6, 6.07) is 0.432. The highest BCUT2D eigenvalue weighted by Crippen LogP contribution is 2.29. The number of nitrogens with one attached hydrogen (secondary N) is 1. The number of imidazole rings is 1. The van der Waals surface area contributed by atoms with Crippen molar-refractivity contribution in [1.29, 1.82) is 0 Å². The maximum Gasteiger partial charge on any atom is 0.230 e. The normalized spacial score (nSPS) is 23.0. The van der Waals surface area contributed by atoms with E-state index >= 15 is 0 Å². The molecule has 5 heteroatoms. The van der Waals surface area contributed by atoms with Gasteiger partial charge in [-0.3, -0.25) is 9.69 Å². The topological polar surface area (TPSA) is 50.2 Å². The average molecular weight is 290 g/mol. The van der Waals surface area contributed by atoms with Gasteiger partial charge in [0.05, 0.1) is 23.6 Å². The van der Waals surface area contributed by atoms with E-state index in [0.29, 0.717) is 12.0 Å². The van der Waals surface area contributed by atoms with Gasteiger partial charge in [-0.15, -0.1) is 0 Å². The summed E-state index contributed by atoms with van der Waals surface area (Å²) in [5.41, 5.74) is 2.15. The molecule has 1 aromatic heterocycles. The third-order valence-electron chi connectivity index (χ3n) is 5.00. The van der Waals surface area contributed by atoms with Gasteiger partial charge in [0.1, 0.15) is 0 Å². The highest BCUT2D eigenvalue weighted by Gasteiger charge is 2.34. The lowest BCUT2D eigenvalue weighted by Crippen LogP contribution is -2.45. The lowest BCUT2D eigenvalue weighted by Gasteiger charge is -2.35. The fourth-order valence-electron chi connectivity index (χ4n) is 3.30. The van der Waals surface area contributed by atoms with Crippen molar-refractivity contribution in [3.05, 3.63) is 17.7 Å². The fraction of sp³-hybridized carbons (Fsp3) is 0.750. The Bertz CT molecular complexity index is 518. The number of carbonyl (C=O) groups excluding carboxylic acids is 1. The summed E-state index contributed by atoms with van der Waals surface area (Å²) in [6.07, 6.45) is 5.68. The van der Waals surface area contributed by atoms with Crippen LogP contribution >= 0.6 is 0 Å². The minimum absolute atomic E-state index is 0.0938. The monoisotopic (exact) mass is 290 g/mol. The Kier molecular flexibility index (Phi) is 4.02. The molecule has 0 saturated heterocycles. The van der Waals surface area contributed by atoms with Crippen LogP contribution < -0.4 is 5.32 Å². The molecule has 1 amide bonds. The lowest BCUT2D eigenvalue weighted by molar-refractivity contribution is -0.124. The number of carbonyl (C=O) groups is 1.